The number of nitrogens with zero attached hydrogens (tertiary/aromatic N) is 2. The van der Waals surface area contributed by atoms with Gasteiger partial charge in [-0.3, -0.25) is 4.90 Å². The number of thioether (sulfide) groups is 1. The second-order valence-electron chi connectivity index (χ2n) is 7.96. The van der Waals surface area contributed by atoms with Crippen LogP contribution in [0.5, 0.6) is 0 Å². The number of benzene rings is 2. The number of amides is 2. The Kier molecular flexibility index (Phi) is 8.03. The maximum atomic E-state index is 12.8. The zero-order chi connectivity index (χ0) is 22.2. The van der Waals surface area contributed by atoms with E-state index in [-0.39, 0.29) is 12.1 Å². The molecule has 8 heteroatoms. The lowest BCUT2D eigenvalue weighted by Crippen LogP contribution is -2.39. The molecule has 3 N–H and O–H groups in total. The van der Waals surface area contributed by atoms with E-state index in [1.54, 1.807) is 11.8 Å². The number of ether oxygens (including phenoxy) is 1. The number of urea groups is 1. The summed E-state index contributed by atoms with van der Waals surface area (Å²) in [7, 11) is 0. The van der Waals surface area contributed by atoms with Gasteiger partial charge in [0.25, 0.3) is 0 Å². The average Bonchev–Trinajstić information content (AvgIpc) is 3.26. The van der Waals surface area contributed by atoms with Crippen molar-refractivity contribution in [2.24, 2.45) is 0 Å². The molecule has 2 aromatic carbocycles. The number of H-pyrrole nitrogens is 1. The van der Waals surface area contributed by atoms with Gasteiger partial charge in [0, 0.05) is 26.2 Å². The monoisotopic (exact) mass is 453 g/mol. The number of morpholine rings is 1. The number of imidazole rings is 1. The molecule has 0 aliphatic carbocycles. The van der Waals surface area contributed by atoms with Crippen molar-refractivity contribution >= 4 is 28.8 Å². The van der Waals surface area contributed by atoms with Gasteiger partial charge in [-0.15, -0.1) is 0 Å². The molecule has 0 unspecified atom stereocenters. The van der Waals surface area contributed by atoms with Crippen LogP contribution in [-0.2, 0) is 17.8 Å². The van der Waals surface area contributed by atoms with Gasteiger partial charge in [-0.25, -0.2) is 9.78 Å². The molecule has 0 radical (unpaired) electrons. The van der Waals surface area contributed by atoms with Gasteiger partial charge in [0.1, 0.15) is 5.82 Å². The topological polar surface area (TPSA) is 82.3 Å². The Morgan fingerprint density at radius 3 is 2.69 bits per heavy atom. The number of aromatic nitrogens is 2. The SMILES string of the molecule is CSCC[C@H](NC(=O)NCc1ccccc1CN1CCOCC1)c1nc2ccccc2[nH]1. The first-order chi connectivity index (χ1) is 15.7. The first kappa shape index (κ1) is 22.6. The van der Waals surface area contributed by atoms with Gasteiger partial charge in [-0.1, -0.05) is 36.4 Å². The summed E-state index contributed by atoms with van der Waals surface area (Å²) in [6.45, 7) is 4.80. The standard InChI is InChI=1S/C24H31N5O2S/c1-32-15-10-22(23-26-20-8-4-5-9-21(20)27-23)28-24(30)25-16-18-6-2-3-7-19(18)17-29-11-13-31-14-12-29/h2-9,22H,10-17H2,1H3,(H,26,27)(H2,25,28,30)/t22-/m0/s1. The maximum absolute atomic E-state index is 12.8. The Balaban J connectivity index is 1.38. The van der Waals surface area contributed by atoms with E-state index in [1.807, 2.05) is 30.3 Å². The highest BCUT2D eigenvalue weighted by atomic mass is 32.2. The molecule has 170 valence electrons. The van der Waals surface area contributed by atoms with Crippen LogP contribution < -0.4 is 10.6 Å². The fraction of sp³-hybridized carbons (Fsp3) is 0.417. The molecule has 1 saturated heterocycles. The highest BCUT2D eigenvalue weighted by Gasteiger charge is 2.19. The van der Waals surface area contributed by atoms with E-state index in [0.29, 0.717) is 6.54 Å². The number of hydrogen-bond acceptors (Lipinski definition) is 5. The molecule has 3 aromatic rings. The Morgan fingerprint density at radius 1 is 1.16 bits per heavy atom. The normalized spacial score (nSPS) is 15.5. The fourth-order valence-electron chi connectivity index (χ4n) is 3.92. The highest BCUT2D eigenvalue weighted by molar-refractivity contribution is 7.98. The van der Waals surface area contributed by atoms with E-state index in [9.17, 15) is 4.79 Å². The minimum atomic E-state index is -0.183. The minimum Gasteiger partial charge on any atom is -0.379 e. The summed E-state index contributed by atoms with van der Waals surface area (Å²) in [5, 5.41) is 6.16. The summed E-state index contributed by atoms with van der Waals surface area (Å²) in [6.07, 6.45) is 2.88. The fourth-order valence-corrected chi connectivity index (χ4v) is 4.39. The molecular weight excluding hydrogens is 422 g/mol. The van der Waals surface area contributed by atoms with Gasteiger partial charge < -0.3 is 20.4 Å². The molecule has 1 aliphatic rings. The van der Waals surface area contributed by atoms with Gasteiger partial charge in [0.15, 0.2) is 0 Å². The van der Waals surface area contributed by atoms with Gasteiger partial charge in [0.05, 0.1) is 30.3 Å². The van der Waals surface area contributed by atoms with Gasteiger partial charge in [0.2, 0.25) is 0 Å². The molecule has 0 saturated carbocycles. The van der Waals surface area contributed by atoms with Crippen LogP contribution in [0.25, 0.3) is 11.0 Å². The van der Waals surface area contributed by atoms with Crippen LogP contribution in [0.2, 0.25) is 0 Å². The third-order valence-corrected chi connectivity index (χ3v) is 6.35. The van der Waals surface area contributed by atoms with E-state index in [0.717, 1.165) is 67.4 Å². The van der Waals surface area contributed by atoms with E-state index >= 15 is 0 Å². The molecule has 1 aromatic heterocycles. The number of para-hydroxylation sites is 2. The van der Waals surface area contributed by atoms with Crippen LogP contribution in [0.1, 0.15) is 29.4 Å². The molecule has 0 bridgehead atoms. The van der Waals surface area contributed by atoms with Crippen LogP contribution in [0.4, 0.5) is 4.79 Å². The van der Waals surface area contributed by atoms with Crippen LogP contribution in [0.15, 0.2) is 48.5 Å². The molecule has 1 fully saturated rings. The number of fused-ring (bicyclic) bond motifs is 1. The van der Waals surface area contributed by atoms with Crippen molar-refractivity contribution in [2.45, 2.75) is 25.6 Å². The second kappa shape index (κ2) is 11.4. The van der Waals surface area contributed by atoms with Crippen LogP contribution in [0.3, 0.4) is 0 Å². The molecule has 1 atom stereocenters. The van der Waals surface area contributed by atoms with E-state index < -0.39 is 0 Å². The van der Waals surface area contributed by atoms with Crippen molar-refractivity contribution in [2.75, 3.05) is 38.3 Å². The molecular formula is C24H31N5O2S. The predicted octanol–water partition coefficient (Wildman–Crippen LogP) is 3.69. The summed E-state index contributed by atoms with van der Waals surface area (Å²) < 4.78 is 5.45. The van der Waals surface area contributed by atoms with Crippen LogP contribution >= 0.6 is 11.8 Å². The summed E-state index contributed by atoms with van der Waals surface area (Å²) >= 11 is 1.76. The Labute approximate surface area is 193 Å². The van der Waals surface area contributed by atoms with Gasteiger partial charge in [-0.05, 0) is 41.7 Å². The zero-order valence-corrected chi connectivity index (χ0v) is 19.3. The average molecular weight is 454 g/mol. The van der Waals surface area contributed by atoms with Crippen molar-refractivity contribution in [1.29, 1.82) is 0 Å². The lowest BCUT2D eigenvalue weighted by Gasteiger charge is -2.27. The largest absolute Gasteiger partial charge is 0.379 e. The Morgan fingerprint density at radius 2 is 1.91 bits per heavy atom. The lowest BCUT2D eigenvalue weighted by molar-refractivity contribution is 0.0341. The smallest absolute Gasteiger partial charge is 0.315 e. The molecule has 4 rings (SSSR count). The van der Waals surface area contributed by atoms with Crippen molar-refractivity contribution in [1.82, 2.24) is 25.5 Å². The molecule has 1 aliphatic heterocycles. The van der Waals surface area contributed by atoms with Gasteiger partial charge in [-0.2, -0.15) is 11.8 Å². The number of aromatic amines is 1. The minimum absolute atomic E-state index is 0.168. The van der Waals surface area contributed by atoms with Crippen molar-refractivity contribution < 1.29 is 9.53 Å². The predicted molar refractivity (Wildman–Crippen MR) is 130 cm³/mol. The first-order valence-corrected chi connectivity index (χ1v) is 12.5. The van der Waals surface area contributed by atoms with Gasteiger partial charge >= 0.3 is 6.03 Å². The quantitative estimate of drug-likeness (QED) is 0.460. The maximum Gasteiger partial charge on any atom is 0.315 e. The summed E-state index contributed by atoms with van der Waals surface area (Å²) in [5.74, 6) is 1.73. The van der Waals surface area contributed by atoms with Crippen LogP contribution in [-0.4, -0.2) is 59.2 Å². The summed E-state index contributed by atoms with van der Waals surface area (Å²) in [5.41, 5.74) is 4.27. The molecule has 7 nitrogen and oxygen atoms in total. The van der Waals surface area contributed by atoms with E-state index in [1.165, 1.54) is 5.56 Å². The second-order valence-corrected chi connectivity index (χ2v) is 8.94. The van der Waals surface area contributed by atoms with Crippen molar-refractivity contribution in [3.63, 3.8) is 0 Å². The third kappa shape index (κ3) is 6.03. The molecule has 32 heavy (non-hydrogen) atoms. The summed E-state index contributed by atoms with van der Waals surface area (Å²) in [4.78, 5) is 23.2. The first-order valence-electron chi connectivity index (χ1n) is 11.1. The molecule has 2 heterocycles. The third-order valence-electron chi connectivity index (χ3n) is 5.71. The molecule has 0 spiro atoms. The van der Waals surface area contributed by atoms with Crippen molar-refractivity contribution in [3.8, 4) is 0 Å². The number of rotatable bonds is 9. The Hall–Kier alpha value is -2.55. The van der Waals surface area contributed by atoms with E-state index in [2.05, 4.69) is 45.0 Å². The Bertz CT molecular complexity index is 985. The number of nitrogens with one attached hydrogen (secondary N) is 3. The van der Waals surface area contributed by atoms with Crippen molar-refractivity contribution in [3.05, 3.63) is 65.5 Å². The number of carbonyl (C=O) groups excluding carboxylic acids is 1. The lowest BCUT2D eigenvalue weighted by atomic mass is 10.1. The highest BCUT2D eigenvalue weighted by Crippen LogP contribution is 2.20. The van der Waals surface area contributed by atoms with E-state index in [4.69, 9.17) is 9.72 Å². The zero-order valence-electron chi connectivity index (χ0n) is 18.5. The number of carbonyl (C=O) groups is 1. The summed E-state index contributed by atoms with van der Waals surface area (Å²) in [6, 6.07) is 15.9. The van der Waals surface area contributed by atoms with Crippen LogP contribution in [0, 0.1) is 0 Å². The number of hydrogen-bond donors (Lipinski definition) is 3. The molecule has 2 amide bonds.